The third-order valence-electron chi connectivity index (χ3n) is 3.56. The van der Waals surface area contributed by atoms with Gasteiger partial charge in [-0.05, 0) is 24.6 Å². The lowest BCUT2D eigenvalue weighted by atomic mass is 9.88. The molecule has 0 fully saturated rings. The lowest BCUT2D eigenvalue weighted by molar-refractivity contribution is -0.139. The molecule has 1 rings (SSSR count). The second-order valence-corrected chi connectivity index (χ2v) is 7.79. The SMILES string of the molecule is COc1cccc(C(C)(CC(=O)O)NC(=O)CN(C)S(C)(=O)=O)c1. The van der Waals surface area contributed by atoms with E-state index in [0.29, 0.717) is 11.3 Å². The van der Waals surface area contributed by atoms with Crippen molar-refractivity contribution in [3.8, 4) is 5.75 Å². The molecule has 9 heteroatoms. The van der Waals surface area contributed by atoms with Crippen LogP contribution < -0.4 is 10.1 Å². The van der Waals surface area contributed by atoms with Gasteiger partial charge in [0.1, 0.15) is 5.75 Å². The molecule has 0 saturated heterocycles. The third-order valence-corrected chi connectivity index (χ3v) is 4.82. The van der Waals surface area contributed by atoms with E-state index in [4.69, 9.17) is 4.74 Å². The maximum atomic E-state index is 12.2. The molecule has 2 N–H and O–H groups in total. The zero-order chi connectivity index (χ0) is 18.5. The van der Waals surface area contributed by atoms with E-state index in [1.165, 1.54) is 14.2 Å². The Balaban J connectivity index is 3.07. The number of ether oxygens (including phenoxy) is 1. The highest BCUT2D eigenvalue weighted by atomic mass is 32.2. The Hall–Kier alpha value is -2.13. The fourth-order valence-electron chi connectivity index (χ4n) is 2.15. The smallest absolute Gasteiger partial charge is 0.306 e. The number of sulfonamides is 1. The van der Waals surface area contributed by atoms with Crippen LogP contribution in [-0.2, 0) is 25.2 Å². The molecule has 0 bridgehead atoms. The van der Waals surface area contributed by atoms with E-state index < -0.39 is 34.0 Å². The first-order chi connectivity index (χ1) is 11.0. The summed E-state index contributed by atoms with van der Waals surface area (Å²) in [5.74, 6) is -1.18. The number of nitrogens with one attached hydrogen (secondary N) is 1. The summed E-state index contributed by atoms with van der Waals surface area (Å²) in [5, 5.41) is 11.8. The Kier molecular flexibility index (Phi) is 6.33. The molecule has 24 heavy (non-hydrogen) atoms. The van der Waals surface area contributed by atoms with Crippen molar-refractivity contribution in [1.29, 1.82) is 0 Å². The van der Waals surface area contributed by atoms with Crippen molar-refractivity contribution in [1.82, 2.24) is 9.62 Å². The summed E-state index contributed by atoms with van der Waals surface area (Å²) in [6, 6.07) is 6.68. The quantitative estimate of drug-likeness (QED) is 0.695. The summed E-state index contributed by atoms with van der Waals surface area (Å²) in [4.78, 5) is 23.4. The Bertz CT molecular complexity index is 718. The Labute approximate surface area is 141 Å². The van der Waals surface area contributed by atoms with E-state index in [-0.39, 0.29) is 6.42 Å². The molecule has 0 saturated carbocycles. The van der Waals surface area contributed by atoms with Gasteiger partial charge in [0.15, 0.2) is 0 Å². The summed E-state index contributed by atoms with van der Waals surface area (Å²) < 4.78 is 28.8. The molecule has 0 heterocycles. The van der Waals surface area contributed by atoms with E-state index in [1.54, 1.807) is 31.2 Å². The molecule has 1 aromatic carbocycles. The molecule has 0 radical (unpaired) electrons. The van der Waals surface area contributed by atoms with Crippen LogP contribution in [-0.4, -0.2) is 56.7 Å². The van der Waals surface area contributed by atoms with Gasteiger partial charge in [0.2, 0.25) is 15.9 Å². The van der Waals surface area contributed by atoms with Crippen LogP contribution in [0.1, 0.15) is 18.9 Å². The molecule has 0 aliphatic carbocycles. The normalized spacial score (nSPS) is 14.0. The molecule has 134 valence electrons. The van der Waals surface area contributed by atoms with Gasteiger partial charge in [0.05, 0.1) is 31.9 Å². The molecular weight excluding hydrogens is 336 g/mol. The zero-order valence-electron chi connectivity index (χ0n) is 14.1. The van der Waals surface area contributed by atoms with Crippen molar-refractivity contribution in [2.45, 2.75) is 18.9 Å². The number of hydrogen-bond acceptors (Lipinski definition) is 5. The minimum Gasteiger partial charge on any atom is -0.497 e. The Morgan fingerprint density at radius 3 is 2.50 bits per heavy atom. The number of methoxy groups -OCH3 is 1. The topological polar surface area (TPSA) is 113 Å². The first kappa shape index (κ1) is 19.9. The molecular formula is C15H22N2O6S. The van der Waals surface area contributed by atoms with Crippen molar-refractivity contribution in [3.05, 3.63) is 29.8 Å². The molecule has 1 atom stereocenters. The number of nitrogens with zero attached hydrogens (tertiary/aromatic N) is 1. The molecule has 1 amide bonds. The molecule has 0 aromatic heterocycles. The predicted octanol–water partition coefficient (Wildman–Crippen LogP) is 0.393. The van der Waals surface area contributed by atoms with Crippen molar-refractivity contribution in [2.75, 3.05) is 27.0 Å². The summed E-state index contributed by atoms with van der Waals surface area (Å²) in [6.07, 6.45) is 0.618. The van der Waals surface area contributed by atoms with Crippen LogP contribution in [0.2, 0.25) is 0 Å². The maximum Gasteiger partial charge on any atom is 0.306 e. The van der Waals surface area contributed by atoms with E-state index in [1.807, 2.05) is 0 Å². The number of rotatable bonds is 8. The van der Waals surface area contributed by atoms with Crippen molar-refractivity contribution < 1.29 is 27.9 Å². The molecule has 0 spiro atoms. The van der Waals surface area contributed by atoms with Crippen molar-refractivity contribution in [2.24, 2.45) is 0 Å². The monoisotopic (exact) mass is 358 g/mol. The van der Waals surface area contributed by atoms with Gasteiger partial charge in [-0.1, -0.05) is 12.1 Å². The van der Waals surface area contributed by atoms with Gasteiger partial charge in [-0.2, -0.15) is 4.31 Å². The molecule has 8 nitrogen and oxygen atoms in total. The second-order valence-electron chi connectivity index (χ2n) is 5.70. The van der Waals surface area contributed by atoms with E-state index >= 15 is 0 Å². The average molecular weight is 358 g/mol. The zero-order valence-corrected chi connectivity index (χ0v) is 14.9. The van der Waals surface area contributed by atoms with Gasteiger partial charge >= 0.3 is 5.97 Å². The van der Waals surface area contributed by atoms with Gasteiger partial charge in [0, 0.05) is 7.05 Å². The molecule has 1 unspecified atom stereocenters. The number of carbonyl (C=O) groups excluding carboxylic acids is 1. The van der Waals surface area contributed by atoms with E-state index in [2.05, 4.69) is 5.32 Å². The van der Waals surface area contributed by atoms with Gasteiger partial charge in [-0.15, -0.1) is 0 Å². The summed E-state index contributed by atoms with van der Waals surface area (Å²) in [7, 11) is -0.763. The van der Waals surface area contributed by atoms with Crippen LogP contribution in [0.3, 0.4) is 0 Å². The second kappa shape index (κ2) is 7.63. The minimum absolute atomic E-state index is 0.367. The highest BCUT2D eigenvalue weighted by Crippen LogP contribution is 2.27. The van der Waals surface area contributed by atoms with Gasteiger partial charge in [-0.25, -0.2) is 8.42 Å². The van der Waals surface area contributed by atoms with E-state index in [9.17, 15) is 23.1 Å². The third kappa shape index (κ3) is 5.50. The van der Waals surface area contributed by atoms with Crippen LogP contribution in [0.25, 0.3) is 0 Å². The molecule has 0 aliphatic heterocycles. The number of benzene rings is 1. The standard InChI is InChI=1S/C15H22N2O6S/c1-15(9-14(19)20,11-6-5-7-12(8-11)23-3)16-13(18)10-17(2)24(4,21)22/h5-8H,9-10H2,1-4H3,(H,16,18)(H,19,20). The largest absolute Gasteiger partial charge is 0.497 e. The van der Waals surface area contributed by atoms with Crippen LogP contribution in [0.5, 0.6) is 5.75 Å². The fraction of sp³-hybridized carbons (Fsp3) is 0.467. The van der Waals surface area contributed by atoms with Gasteiger partial charge in [-0.3, -0.25) is 9.59 Å². The average Bonchev–Trinajstić information content (AvgIpc) is 2.45. The van der Waals surface area contributed by atoms with Crippen LogP contribution >= 0.6 is 0 Å². The minimum atomic E-state index is -3.52. The first-order valence-corrected chi connectivity index (χ1v) is 8.91. The first-order valence-electron chi connectivity index (χ1n) is 7.06. The number of hydrogen-bond donors (Lipinski definition) is 2. The molecule has 1 aromatic rings. The Morgan fingerprint density at radius 2 is 2.00 bits per heavy atom. The summed E-state index contributed by atoms with van der Waals surface area (Å²) >= 11 is 0. The van der Waals surface area contributed by atoms with Crippen molar-refractivity contribution in [3.63, 3.8) is 0 Å². The fourth-order valence-corrected chi connectivity index (χ4v) is 2.51. The number of aliphatic carboxylic acids is 1. The molecule has 0 aliphatic rings. The summed E-state index contributed by atoms with van der Waals surface area (Å²) in [6.45, 7) is 1.16. The van der Waals surface area contributed by atoms with Gasteiger partial charge < -0.3 is 15.2 Å². The summed E-state index contributed by atoms with van der Waals surface area (Å²) in [5.41, 5.74) is -0.671. The van der Waals surface area contributed by atoms with Gasteiger partial charge in [0.25, 0.3) is 0 Å². The lowest BCUT2D eigenvalue weighted by Gasteiger charge is -2.31. The van der Waals surface area contributed by atoms with Crippen LogP contribution in [0, 0.1) is 0 Å². The number of carboxylic acids is 1. The highest BCUT2D eigenvalue weighted by molar-refractivity contribution is 7.88. The predicted molar refractivity (Wildman–Crippen MR) is 88.2 cm³/mol. The maximum absolute atomic E-state index is 12.2. The number of carboxylic acid groups (broad SMARTS) is 1. The lowest BCUT2D eigenvalue weighted by Crippen LogP contribution is -2.48. The highest BCUT2D eigenvalue weighted by Gasteiger charge is 2.32. The number of amides is 1. The Morgan fingerprint density at radius 1 is 1.38 bits per heavy atom. The number of likely N-dealkylation sites (N-methyl/N-ethyl adjacent to an activating group) is 1. The van der Waals surface area contributed by atoms with Crippen LogP contribution in [0.15, 0.2) is 24.3 Å². The van der Waals surface area contributed by atoms with E-state index in [0.717, 1.165) is 10.6 Å². The number of carbonyl (C=O) groups is 2. The van der Waals surface area contributed by atoms with Crippen molar-refractivity contribution >= 4 is 21.9 Å². The van der Waals surface area contributed by atoms with Crippen LogP contribution in [0.4, 0.5) is 0 Å².